The molecule has 1 fully saturated rings. The third-order valence-electron chi connectivity index (χ3n) is 3.88. The maximum absolute atomic E-state index is 12.2. The highest BCUT2D eigenvalue weighted by molar-refractivity contribution is 5.94. The van der Waals surface area contributed by atoms with Crippen LogP contribution in [0.4, 0.5) is 0 Å². The quantitative estimate of drug-likeness (QED) is 0.833. The fourth-order valence-electron chi connectivity index (χ4n) is 2.52. The number of carbonyl (C=O) groups excluding carboxylic acids is 1. The van der Waals surface area contributed by atoms with Crippen molar-refractivity contribution in [3.8, 4) is 0 Å². The maximum atomic E-state index is 12.2. The second kappa shape index (κ2) is 5.65. The molecule has 6 nitrogen and oxygen atoms in total. The molecule has 0 saturated carbocycles. The van der Waals surface area contributed by atoms with Crippen molar-refractivity contribution in [2.75, 3.05) is 20.1 Å². The number of aryl methyl sites for hydroxylation is 1. The van der Waals surface area contributed by atoms with Gasteiger partial charge in [-0.1, -0.05) is 6.07 Å². The summed E-state index contributed by atoms with van der Waals surface area (Å²) < 4.78 is 1.65. The van der Waals surface area contributed by atoms with Gasteiger partial charge in [-0.3, -0.25) is 19.4 Å². The van der Waals surface area contributed by atoms with Crippen molar-refractivity contribution in [2.45, 2.75) is 12.6 Å². The molecule has 0 aromatic carbocycles. The van der Waals surface area contributed by atoms with E-state index in [1.165, 1.54) is 5.56 Å². The summed E-state index contributed by atoms with van der Waals surface area (Å²) in [5.41, 5.74) is 1.85. The van der Waals surface area contributed by atoms with Crippen molar-refractivity contribution >= 4 is 5.91 Å². The predicted octanol–water partition coefficient (Wildman–Crippen LogP) is 0.771. The fourth-order valence-corrected chi connectivity index (χ4v) is 2.52. The number of hydrogen-bond donors (Lipinski definition) is 0. The first-order valence-corrected chi connectivity index (χ1v) is 7.00. The van der Waals surface area contributed by atoms with E-state index in [0.717, 1.165) is 19.6 Å². The SMILES string of the molecule is CN(Cc1cccnc1)C1CN(C(=O)c2cnn(C)c2)C1. The topological polar surface area (TPSA) is 54.3 Å². The highest BCUT2D eigenvalue weighted by Gasteiger charge is 2.34. The van der Waals surface area contributed by atoms with Crippen molar-refractivity contribution in [3.63, 3.8) is 0 Å². The lowest BCUT2D eigenvalue weighted by Gasteiger charge is -2.43. The number of carbonyl (C=O) groups is 1. The van der Waals surface area contributed by atoms with Gasteiger partial charge in [0.2, 0.25) is 0 Å². The molecule has 0 unspecified atom stereocenters. The zero-order chi connectivity index (χ0) is 14.8. The Kier molecular flexibility index (Phi) is 3.70. The summed E-state index contributed by atoms with van der Waals surface area (Å²) >= 11 is 0. The minimum absolute atomic E-state index is 0.0640. The first-order valence-electron chi connectivity index (χ1n) is 7.00. The van der Waals surface area contributed by atoms with E-state index in [4.69, 9.17) is 0 Å². The Hall–Kier alpha value is -2.21. The molecule has 0 atom stereocenters. The fraction of sp³-hybridized carbons (Fsp3) is 0.400. The molecule has 1 amide bonds. The molecule has 110 valence electrons. The van der Waals surface area contributed by atoms with E-state index in [1.54, 1.807) is 23.3 Å². The summed E-state index contributed by atoms with van der Waals surface area (Å²) in [4.78, 5) is 20.5. The zero-order valence-electron chi connectivity index (χ0n) is 12.3. The van der Waals surface area contributed by atoms with Crippen molar-refractivity contribution in [1.82, 2.24) is 24.6 Å². The van der Waals surface area contributed by atoms with E-state index in [-0.39, 0.29) is 5.91 Å². The van der Waals surface area contributed by atoms with Crippen LogP contribution in [0.5, 0.6) is 0 Å². The largest absolute Gasteiger partial charge is 0.335 e. The summed E-state index contributed by atoms with van der Waals surface area (Å²) in [6.07, 6.45) is 7.04. The second-order valence-corrected chi connectivity index (χ2v) is 5.54. The van der Waals surface area contributed by atoms with Crippen LogP contribution >= 0.6 is 0 Å². The third kappa shape index (κ3) is 2.95. The van der Waals surface area contributed by atoms with Crippen LogP contribution in [0, 0.1) is 0 Å². The number of hydrogen-bond acceptors (Lipinski definition) is 4. The summed E-state index contributed by atoms with van der Waals surface area (Å²) in [7, 11) is 3.90. The molecule has 0 spiro atoms. The monoisotopic (exact) mass is 285 g/mol. The number of nitrogens with zero attached hydrogens (tertiary/aromatic N) is 5. The molecule has 6 heteroatoms. The number of likely N-dealkylation sites (tertiary alicyclic amines) is 1. The number of aromatic nitrogens is 3. The van der Waals surface area contributed by atoms with E-state index >= 15 is 0 Å². The smallest absolute Gasteiger partial charge is 0.257 e. The molecule has 2 aromatic heterocycles. The van der Waals surface area contributed by atoms with Gasteiger partial charge in [-0.25, -0.2) is 0 Å². The van der Waals surface area contributed by atoms with Gasteiger partial charge in [-0.2, -0.15) is 5.10 Å². The first kappa shape index (κ1) is 13.8. The van der Waals surface area contributed by atoms with E-state index in [9.17, 15) is 4.79 Å². The van der Waals surface area contributed by atoms with Crippen LogP contribution in [0.3, 0.4) is 0 Å². The van der Waals surface area contributed by atoms with E-state index in [2.05, 4.69) is 28.1 Å². The Labute approximate surface area is 124 Å². The minimum Gasteiger partial charge on any atom is -0.335 e. The molecule has 1 aliphatic heterocycles. The molecule has 0 aliphatic carbocycles. The first-order chi connectivity index (χ1) is 10.1. The predicted molar refractivity (Wildman–Crippen MR) is 78.6 cm³/mol. The highest BCUT2D eigenvalue weighted by Crippen LogP contribution is 2.18. The molecule has 0 bridgehead atoms. The molecular weight excluding hydrogens is 266 g/mol. The van der Waals surface area contributed by atoms with E-state index in [0.29, 0.717) is 11.6 Å². The normalized spacial score (nSPS) is 15.3. The Balaban J connectivity index is 1.52. The summed E-state index contributed by atoms with van der Waals surface area (Å²) in [6.45, 7) is 2.39. The summed E-state index contributed by atoms with van der Waals surface area (Å²) in [6, 6.07) is 4.42. The lowest BCUT2D eigenvalue weighted by Crippen LogP contribution is -2.59. The van der Waals surface area contributed by atoms with E-state index < -0.39 is 0 Å². The van der Waals surface area contributed by atoms with Gasteiger partial charge in [-0.05, 0) is 18.7 Å². The van der Waals surface area contributed by atoms with Gasteiger partial charge in [-0.15, -0.1) is 0 Å². The molecule has 1 aliphatic rings. The minimum atomic E-state index is 0.0640. The van der Waals surface area contributed by atoms with Gasteiger partial charge in [0.05, 0.1) is 11.8 Å². The molecule has 0 radical (unpaired) electrons. The summed E-state index contributed by atoms with van der Waals surface area (Å²) in [5.74, 6) is 0.0640. The van der Waals surface area contributed by atoms with Crippen molar-refractivity contribution < 1.29 is 4.79 Å². The van der Waals surface area contributed by atoms with Gasteiger partial charge >= 0.3 is 0 Å². The van der Waals surface area contributed by atoms with Crippen LogP contribution in [0.15, 0.2) is 36.9 Å². The molecule has 2 aromatic rings. The lowest BCUT2D eigenvalue weighted by atomic mass is 10.1. The van der Waals surface area contributed by atoms with Crippen LogP contribution in [0.2, 0.25) is 0 Å². The second-order valence-electron chi connectivity index (χ2n) is 5.54. The molecule has 3 heterocycles. The van der Waals surface area contributed by atoms with Crippen molar-refractivity contribution in [3.05, 3.63) is 48.0 Å². The number of amides is 1. The number of pyridine rings is 1. The molecule has 1 saturated heterocycles. The van der Waals surface area contributed by atoms with E-state index in [1.807, 2.05) is 24.2 Å². The maximum Gasteiger partial charge on any atom is 0.257 e. The Morgan fingerprint density at radius 3 is 2.86 bits per heavy atom. The highest BCUT2D eigenvalue weighted by atomic mass is 16.2. The third-order valence-corrected chi connectivity index (χ3v) is 3.88. The van der Waals surface area contributed by atoms with Crippen molar-refractivity contribution in [2.24, 2.45) is 7.05 Å². The lowest BCUT2D eigenvalue weighted by molar-refractivity contribution is 0.0321. The molecule has 3 rings (SSSR count). The van der Waals surface area contributed by atoms with Gasteiger partial charge < -0.3 is 4.90 Å². The number of rotatable bonds is 4. The van der Waals surface area contributed by atoms with Crippen LogP contribution in [0.25, 0.3) is 0 Å². The standard InChI is InChI=1S/C15H19N5O/c1-18(8-12-4-3-5-16-6-12)14-10-20(11-14)15(21)13-7-17-19(2)9-13/h3-7,9,14H,8,10-11H2,1-2H3. The van der Waals surface area contributed by atoms with Crippen LogP contribution < -0.4 is 0 Å². The average Bonchev–Trinajstić information content (AvgIpc) is 2.85. The van der Waals surface area contributed by atoms with Gasteiger partial charge in [0.25, 0.3) is 5.91 Å². The van der Waals surface area contributed by atoms with Crippen LogP contribution in [0.1, 0.15) is 15.9 Å². The van der Waals surface area contributed by atoms with Gasteiger partial charge in [0.1, 0.15) is 0 Å². The molecule has 21 heavy (non-hydrogen) atoms. The summed E-state index contributed by atoms with van der Waals surface area (Å²) in [5, 5.41) is 4.04. The van der Waals surface area contributed by atoms with Crippen LogP contribution in [-0.4, -0.2) is 56.7 Å². The van der Waals surface area contributed by atoms with Gasteiger partial charge in [0, 0.05) is 51.3 Å². The Bertz CT molecular complexity index is 618. The number of likely N-dealkylation sites (N-methyl/N-ethyl adjacent to an activating group) is 1. The molecular formula is C15H19N5O. The zero-order valence-corrected chi connectivity index (χ0v) is 12.3. The Morgan fingerprint density at radius 1 is 1.43 bits per heavy atom. The molecule has 0 N–H and O–H groups in total. The van der Waals surface area contributed by atoms with Crippen molar-refractivity contribution in [1.29, 1.82) is 0 Å². The Morgan fingerprint density at radius 2 is 2.24 bits per heavy atom. The average molecular weight is 285 g/mol. The van der Waals surface area contributed by atoms with Gasteiger partial charge in [0.15, 0.2) is 0 Å². The van der Waals surface area contributed by atoms with Crippen LogP contribution in [-0.2, 0) is 13.6 Å².